The number of ether oxygens (including phenoxy) is 1. The van der Waals surface area contributed by atoms with Crippen molar-refractivity contribution in [2.45, 2.75) is 32.8 Å². The van der Waals surface area contributed by atoms with Gasteiger partial charge in [-0.3, -0.25) is 9.78 Å². The van der Waals surface area contributed by atoms with Crippen molar-refractivity contribution in [3.8, 4) is 0 Å². The van der Waals surface area contributed by atoms with Gasteiger partial charge in [0.2, 0.25) is 0 Å². The first-order valence-electron chi connectivity index (χ1n) is 8.70. The lowest BCUT2D eigenvalue weighted by molar-refractivity contribution is 0.0253. The lowest BCUT2D eigenvalue weighted by atomic mass is 9.81. The van der Waals surface area contributed by atoms with E-state index in [4.69, 9.17) is 4.74 Å². The van der Waals surface area contributed by atoms with Crippen molar-refractivity contribution in [2.75, 3.05) is 19.7 Å². The zero-order valence-corrected chi connectivity index (χ0v) is 15.2. The van der Waals surface area contributed by atoms with Gasteiger partial charge >= 0.3 is 0 Å². The fraction of sp³-hybridized carbons (Fsp3) is 0.556. The summed E-state index contributed by atoms with van der Waals surface area (Å²) in [6.45, 7) is 4.81. The molecule has 132 valence electrons. The summed E-state index contributed by atoms with van der Waals surface area (Å²) >= 11 is 1.65. The molecule has 1 saturated heterocycles. The van der Waals surface area contributed by atoms with Gasteiger partial charge in [-0.2, -0.15) is 0 Å². The van der Waals surface area contributed by atoms with E-state index in [2.05, 4.69) is 20.3 Å². The molecule has 25 heavy (non-hydrogen) atoms. The van der Waals surface area contributed by atoms with Gasteiger partial charge in [0.25, 0.3) is 5.91 Å². The molecule has 6 nitrogen and oxygen atoms in total. The lowest BCUT2D eigenvalue weighted by Gasteiger charge is -2.28. The predicted molar refractivity (Wildman–Crippen MR) is 94.2 cm³/mol. The minimum atomic E-state index is -0.0167. The summed E-state index contributed by atoms with van der Waals surface area (Å²) in [6, 6.07) is 0. The number of amides is 1. The number of likely N-dealkylation sites (tertiary alicyclic amines) is 1. The summed E-state index contributed by atoms with van der Waals surface area (Å²) in [7, 11) is 0. The molecule has 0 bridgehead atoms. The molecular formula is C18H22N4O2S. The van der Waals surface area contributed by atoms with Crippen molar-refractivity contribution in [1.82, 2.24) is 19.9 Å². The monoisotopic (exact) mass is 358 g/mol. The quantitative estimate of drug-likeness (QED) is 0.822. The number of nitrogens with zero attached hydrogens (tertiary/aromatic N) is 4. The fourth-order valence-corrected chi connectivity index (χ4v) is 4.81. The van der Waals surface area contributed by atoms with Gasteiger partial charge in [0.15, 0.2) is 0 Å². The van der Waals surface area contributed by atoms with Crippen LogP contribution in [0.25, 0.3) is 0 Å². The third kappa shape index (κ3) is 3.30. The maximum atomic E-state index is 12.7. The molecule has 2 aliphatic rings. The Bertz CT molecular complexity index is 751. The van der Waals surface area contributed by atoms with Crippen LogP contribution in [-0.4, -0.2) is 45.5 Å². The van der Waals surface area contributed by atoms with Crippen LogP contribution in [-0.2, 0) is 11.3 Å². The van der Waals surface area contributed by atoms with Gasteiger partial charge < -0.3 is 9.64 Å². The van der Waals surface area contributed by atoms with Crippen LogP contribution < -0.4 is 0 Å². The highest BCUT2D eigenvalue weighted by molar-refractivity contribution is 7.09. The van der Waals surface area contributed by atoms with Crippen LogP contribution in [0.1, 0.15) is 40.5 Å². The normalized spacial score (nSPS) is 25.3. The van der Waals surface area contributed by atoms with E-state index in [-0.39, 0.29) is 11.3 Å². The third-order valence-corrected chi connectivity index (χ3v) is 6.24. The van der Waals surface area contributed by atoms with Crippen LogP contribution in [0.15, 0.2) is 24.0 Å². The summed E-state index contributed by atoms with van der Waals surface area (Å²) in [6.07, 6.45) is 8.21. The van der Waals surface area contributed by atoms with Gasteiger partial charge in [-0.25, -0.2) is 9.97 Å². The molecular weight excluding hydrogens is 336 g/mol. The van der Waals surface area contributed by atoms with Gasteiger partial charge in [0.05, 0.1) is 30.1 Å². The molecule has 0 spiro atoms. The number of aryl methyl sites for hydroxylation is 1. The maximum Gasteiger partial charge on any atom is 0.274 e. The lowest BCUT2D eigenvalue weighted by Crippen LogP contribution is -2.35. The maximum absolute atomic E-state index is 12.7. The first-order valence-corrected chi connectivity index (χ1v) is 9.58. The van der Waals surface area contributed by atoms with Crippen molar-refractivity contribution in [1.29, 1.82) is 0 Å². The van der Waals surface area contributed by atoms with Crippen molar-refractivity contribution in [2.24, 2.45) is 11.3 Å². The van der Waals surface area contributed by atoms with Crippen LogP contribution in [0, 0.1) is 18.3 Å². The summed E-state index contributed by atoms with van der Waals surface area (Å²) in [5.41, 5.74) is 1.51. The average molecular weight is 358 g/mol. The van der Waals surface area contributed by atoms with E-state index in [1.165, 1.54) is 12.8 Å². The van der Waals surface area contributed by atoms with Gasteiger partial charge in [-0.1, -0.05) is 6.42 Å². The zero-order valence-electron chi connectivity index (χ0n) is 14.4. The van der Waals surface area contributed by atoms with E-state index in [0.29, 0.717) is 24.8 Å². The van der Waals surface area contributed by atoms with Crippen LogP contribution in [0.5, 0.6) is 0 Å². The van der Waals surface area contributed by atoms with E-state index < -0.39 is 0 Å². The topological polar surface area (TPSA) is 68.2 Å². The number of thiazole rings is 1. The number of rotatable bonds is 5. The van der Waals surface area contributed by atoms with E-state index in [9.17, 15) is 4.79 Å². The van der Waals surface area contributed by atoms with Crippen LogP contribution in [0.2, 0.25) is 0 Å². The largest absolute Gasteiger partial charge is 0.374 e. The van der Waals surface area contributed by atoms with Crippen molar-refractivity contribution in [3.05, 3.63) is 40.4 Å². The Labute approximate surface area is 151 Å². The van der Waals surface area contributed by atoms with Gasteiger partial charge in [0.1, 0.15) is 5.69 Å². The number of carbonyl (C=O) groups is 1. The minimum absolute atomic E-state index is 0.0167. The van der Waals surface area contributed by atoms with Crippen LogP contribution >= 0.6 is 11.3 Å². The summed E-state index contributed by atoms with van der Waals surface area (Å²) < 4.78 is 6.03. The average Bonchev–Trinajstić information content (AvgIpc) is 3.29. The number of carbonyl (C=O) groups excluding carboxylic acids is 1. The molecule has 1 amide bonds. The Morgan fingerprint density at radius 2 is 2.40 bits per heavy atom. The minimum Gasteiger partial charge on any atom is -0.374 e. The first-order chi connectivity index (χ1) is 12.2. The summed E-state index contributed by atoms with van der Waals surface area (Å²) in [5, 5.41) is 3.12. The molecule has 0 unspecified atom stereocenters. The van der Waals surface area contributed by atoms with Crippen LogP contribution in [0.3, 0.4) is 0 Å². The SMILES string of the molecule is Cc1nc(COC[C@@]23CCC[C@@H]2CN(C(=O)c2cnccn2)C3)cs1. The second-order valence-electron chi connectivity index (χ2n) is 7.08. The fourth-order valence-electron chi connectivity index (χ4n) is 4.21. The molecule has 0 aromatic carbocycles. The van der Waals surface area contributed by atoms with Gasteiger partial charge in [-0.15, -0.1) is 11.3 Å². The Hall–Kier alpha value is -1.86. The van der Waals surface area contributed by atoms with E-state index >= 15 is 0 Å². The van der Waals surface area contributed by atoms with Gasteiger partial charge in [-0.05, 0) is 25.7 Å². The molecule has 1 aliphatic heterocycles. The molecule has 2 aromatic heterocycles. The first kappa shape index (κ1) is 16.6. The van der Waals surface area contributed by atoms with Crippen molar-refractivity contribution >= 4 is 17.2 Å². The number of aromatic nitrogens is 3. The molecule has 7 heteroatoms. The Kier molecular flexibility index (Phi) is 4.52. The number of fused-ring (bicyclic) bond motifs is 1. The standard InChI is InChI=1S/C18H22N4O2S/c1-13-21-15(10-25-13)9-24-12-18-4-2-3-14(18)8-22(11-18)17(23)16-7-19-5-6-20-16/h5-7,10,14H,2-4,8-9,11-12H2,1H3/t14-,18+/m1/s1. The molecule has 0 radical (unpaired) electrons. The molecule has 3 heterocycles. The number of hydrogen-bond donors (Lipinski definition) is 0. The van der Waals surface area contributed by atoms with Gasteiger partial charge in [0, 0.05) is 36.3 Å². The highest BCUT2D eigenvalue weighted by Crippen LogP contribution is 2.49. The number of hydrogen-bond acceptors (Lipinski definition) is 6. The van der Waals surface area contributed by atoms with E-state index in [1.807, 2.05) is 11.8 Å². The molecule has 2 atom stereocenters. The van der Waals surface area contributed by atoms with Crippen molar-refractivity contribution < 1.29 is 9.53 Å². The highest BCUT2D eigenvalue weighted by atomic mass is 32.1. The third-order valence-electron chi connectivity index (χ3n) is 5.42. The van der Waals surface area contributed by atoms with Crippen LogP contribution in [0.4, 0.5) is 0 Å². The van der Waals surface area contributed by atoms with E-state index in [1.54, 1.807) is 29.9 Å². The van der Waals surface area contributed by atoms with E-state index in [0.717, 1.165) is 30.2 Å². The molecule has 0 N–H and O–H groups in total. The molecule has 1 saturated carbocycles. The molecule has 4 rings (SSSR count). The Morgan fingerprint density at radius 3 is 3.16 bits per heavy atom. The summed E-state index contributed by atoms with van der Waals surface area (Å²) in [5.74, 6) is 0.502. The molecule has 2 fully saturated rings. The smallest absolute Gasteiger partial charge is 0.274 e. The summed E-state index contributed by atoms with van der Waals surface area (Å²) in [4.78, 5) is 27.2. The van der Waals surface area contributed by atoms with Crippen molar-refractivity contribution in [3.63, 3.8) is 0 Å². The highest BCUT2D eigenvalue weighted by Gasteiger charge is 2.50. The Balaban J connectivity index is 1.41. The second kappa shape index (κ2) is 6.80. The molecule has 1 aliphatic carbocycles. The molecule has 2 aromatic rings. The Morgan fingerprint density at radius 1 is 1.48 bits per heavy atom. The zero-order chi connectivity index (χ0) is 17.3. The predicted octanol–water partition coefficient (Wildman–Crippen LogP) is 2.70. The second-order valence-corrected chi connectivity index (χ2v) is 8.14.